The van der Waals surface area contributed by atoms with Crippen molar-refractivity contribution >= 4 is 45.3 Å². The molecule has 1 fully saturated rings. The van der Waals surface area contributed by atoms with Gasteiger partial charge in [-0.3, -0.25) is 0 Å². The van der Waals surface area contributed by atoms with Gasteiger partial charge in [0.2, 0.25) is 0 Å². The molecule has 0 aliphatic carbocycles. The number of rotatable bonds is 2. The molecule has 1 saturated heterocycles. The van der Waals surface area contributed by atoms with E-state index in [1.807, 2.05) is 18.2 Å². The molecule has 0 bridgehead atoms. The first-order chi connectivity index (χ1) is 15.4. The minimum Gasteiger partial charge on any atom is -0.455 e. The molecule has 0 radical (unpaired) electrons. The molecule has 0 atom stereocenters. The van der Waals surface area contributed by atoms with Crippen LogP contribution in [0.5, 0.6) is 0 Å². The molecule has 3 nitrogen and oxygen atoms in total. The summed E-state index contributed by atoms with van der Waals surface area (Å²) in [6.45, 7) is 8.35. The molecule has 0 N–H and O–H groups in total. The van der Waals surface area contributed by atoms with E-state index < -0.39 is 18.3 Å². The minimum absolute atomic E-state index is 0.405. The fraction of sp³-hybridized carbons (Fsp3) is 0.214. The van der Waals surface area contributed by atoms with Crippen LogP contribution < -0.4 is 5.46 Å². The van der Waals surface area contributed by atoms with Gasteiger partial charge in [0, 0.05) is 16.3 Å². The van der Waals surface area contributed by atoms with Crippen molar-refractivity contribution < 1.29 is 13.7 Å². The third-order valence-electron chi connectivity index (χ3n) is 7.13. The largest absolute Gasteiger partial charge is 0.495 e. The predicted molar refractivity (Wildman–Crippen MR) is 132 cm³/mol. The van der Waals surface area contributed by atoms with Crippen LogP contribution in [0.15, 0.2) is 83.3 Å². The first-order valence-corrected chi connectivity index (χ1v) is 11.1. The van der Waals surface area contributed by atoms with Crippen molar-refractivity contribution in [3.8, 4) is 11.1 Å². The van der Waals surface area contributed by atoms with E-state index >= 15 is 0 Å². The Morgan fingerprint density at radius 2 is 1.28 bits per heavy atom. The Kier molecular flexibility index (Phi) is 4.11. The molecule has 5 aromatic rings. The topological polar surface area (TPSA) is 31.6 Å². The van der Waals surface area contributed by atoms with E-state index in [1.165, 1.54) is 5.39 Å². The summed E-state index contributed by atoms with van der Waals surface area (Å²) in [6, 6.07) is 27.3. The van der Waals surface area contributed by atoms with Crippen LogP contribution in [0, 0.1) is 0 Å². The SMILES string of the molecule is CC1(C)OB(c2ccccc2-c2c3ccccc3cc3c2oc2ccccc23)OC1(C)C. The quantitative estimate of drug-likeness (QED) is 0.298. The first kappa shape index (κ1) is 19.6. The summed E-state index contributed by atoms with van der Waals surface area (Å²) in [5.74, 6) is 0. The van der Waals surface area contributed by atoms with Gasteiger partial charge in [0.15, 0.2) is 0 Å². The maximum atomic E-state index is 6.46. The second-order valence-electron chi connectivity index (χ2n) is 9.62. The molecule has 4 aromatic carbocycles. The van der Waals surface area contributed by atoms with Crippen molar-refractivity contribution in [2.75, 3.05) is 0 Å². The Labute approximate surface area is 188 Å². The molecular formula is C28H25BO3. The zero-order chi connectivity index (χ0) is 22.1. The van der Waals surface area contributed by atoms with Crippen LogP contribution in [0.1, 0.15) is 27.7 Å². The van der Waals surface area contributed by atoms with Crippen molar-refractivity contribution in [1.82, 2.24) is 0 Å². The lowest BCUT2D eigenvalue weighted by Gasteiger charge is -2.32. The van der Waals surface area contributed by atoms with Gasteiger partial charge in [0.1, 0.15) is 11.2 Å². The second kappa shape index (κ2) is 6.71. The van der Waals surface area contributed by atoms with Crippen LogP contribution >= 0.6 is 0 Å². The highest BCUT2D eigenvalue weighted by molar-refractivity contribution is 6.64. The highest BCUT2D eigenvalue weighted by Gasteiger charge is 2.52. The normalized spacial score (nSPS) is 17.6. The lowest BCUT2D eigenvalue weighted by molar-refractivity contribution is 0.00578. The molecule has 158 valence electrons. The van der Waals surface area contributed by atoms with Crippen LogP contribution in [0.4, 0.5) is 0 Å². The molecule has 1 aliphatic heterocycles. The number of hydrogen-bond donors (Lipinski definition) is 0. The fourth-order valence-electron chi connectivity index (χ4n) is 4.69. The van der Waals surface area contributed by atoms with Gasteiger partial charge in [-0.15, -0.1) is 0 Å². The summed E-state index contributed by atoms with van der Waals surface area (Å²) in [7, 11) is -0.449. The lowest BCUT2D eigenvalue weighted by atomic mass is 9.73. The lowest BCUT2D eigenvalue weighted by Crippen LogP contribution is -2.41. The minimum atomic E-state index is -0.449. The van der Waals surface area contributed by atoms with E-state index in [1.54, 1.807) is 0 Å². The monoisotopic (exact) mass is 420 g/mol. The van der Waals surface area contributed by atoms with Crippen molar-refractivity contribution in [3.63, 3.8) is 0 Å². The highest BCUT2D eigenvalue weighted by Crippen LogP contribution is 2.42. The summed E-state index contributed by atoms with van der Waals surface area (Å²) in [5, 5.41) is 4.59. The van der Waals surface area contributed by atoms with Crippen molar-refractivity contribution in [1.29, 1.82) is 0 Å². The molecule has 32 heavy (non-hydrogen) atoms. The van der Waals surface area contributed by atoms with Gasteiger partial charge in [0.25, 0.3) is 0 Å². The van der Waals surface area contributed by atoms with E-state index in [4.69, 9.17) is 13.7 Å². The molecule has 1 aliphatic rings. The molecule has 0 spiro atoms. The van der Waals surface area contributed by atoms with Gasteiger partial charge in [-0.05, 0) is 61.6 Å². The van der Waals surface area contributed by atoms with Crippen molar-refractivity contribution in [2.45, 2.75) is 38.9 Å². The number of furan rings is 1. The Balaban J connectivity index is 1.68. The number of fused-ring (bicyclic) bond motifs is 4. The molecule has 2 heterocycles. The number of hydrogen-bond acceptors (Lipinski definition) is 3. The molecule has 4 heteroatoms. The van der Waals surface area contributed by atoms with Gasteiger partial charge in [0.05, 0.1) is 11.2 Å². The zero-order valence-corrected chi connectivity index (χ0v) is 18.8. The number of para-hydroxylation sites is 1. The average Bonchev–Trinajstić information content (AvgIpc) is 3.25. The molecule has 0 amide bonds. The van der Waals surface area contributed by atoms with Crippen LogP contribution in [0.3, 0.4) is 0 Å². The van der Waals surface area contributed by atoms with Gasteiger partial charge >= 0.3 is 7.12 Å². The molecule has 0 saturated carbocycles. The third kappa shape index (κ3) is 2.76. The standard InChI is InChI=1S/C28H25BO3/c1-27(2)28(3,4)32-29(31-27)23-15-9-7-14-21(23)25-19-12-6-5-11-18(19)17-22-20-13-8-10-16-24(20)30-26(22)25/h5-17H,1-4H3. The summed E-state index contributed by atoms with van der Waals surface area (Å²) < 4.78 is 19.3. The van der Waals surface area contributed by atoms with Crippen molar-refractivity contribution in [2.24, 2.45) is 0 Å². The van der Waals surface area contributed by atoms with Crippen LogP contribution in [-0.4, -0.2) is 18.3 Å². The van der Waals surface area contributed by atoms with Crippen LogP contribution in [-0.2, 0) is 9.31 Å². The summed E-state index contributed by atoms with van der Waals surface area (Å²) in [5.41, 5.74) is 4.16. The smallest absolute Gasteiger partial charge is 0.455 e. The second-order valence-corrected chi connectivity index (χ2v) is 9.62. The van der Waals surface area contributed by atoms with Crippen LogP contribution in [0.25, 0.3) is 43.8 Å². The third-order valence-corrected chi connectivity index (χ3v) is 7.13. The first-order valence-electron chi connectivity index (χ1n) is 11.1. The highest BCUT2D eigenvalue weighted by atomic mass is 16.7. The summed E-state index contributed by atoms with van der Waals surface area (Å²) in [4.78, 5) is 0. The van der Waals surface area contributed by atoms with E-state index in [0.717, 1.165) is 43.9 Å². The van der Waals surface area contributed by atoms with E-state index in [-0.39, 0.29) is 0 Å². The summed E-state index contributed by atoms with van der Waals surface area (Å²) >= 11 is 0. The van der Waals surface area contributed by atoms with Crippen molar-refractivity contribution in [3.05, 3.63) is 78.9 Å². The Morgan fingerprint density at radius 1 is 0.656 bits per heavy atom. The summed E-state index contributed by atoms with van der Waals surface area (Å²) in [6.07, 6.45) is 0. The van der Waals surface area contributed by atoms with Crippen LogP contribution in [0.2, 0.25) is 0 Å². The Bertz CT molecular complexity index is 1480. The van der Waals surface area contributed by atoms with Gasteiger partial charge in [-0.1, -0.05) is 66.7 Å². The van der Waals surface area contributed by atoms with E-state index in [2.05, 4.69) is 88.4 Å². The molecule has 6 rings (SSSR count). The zero-order valence-electron chi connectivity index (χ0n) is 18.8. The molecule has 0 unspecified atom stereocenters. The van der Waals surface area contributed by atoms with E-state index in [9.17, 15) is 0 Å². The average molecular weight is 420 g/mol. The van der Waals surface area contributed by atoms with Gasteiger partial charge in [-0.2, -0.15) is 0 Å². The Morgan fingerprint density at radius 3 is 2.06 bits per heavy atom. The maximum absolute atomic E-state index is 6.46. The fourth-order valence-corrected chi connectivity index (χ4v) is 4.69. The number of benzene rings is 4. The molecular weight excluding hydrogens is 395 g/mol. The molecule has 1 aromatic heterocycles. The van der Waals surface area contributed by atoms with E-state index in [0.29, 0.717) is 0 Å². The maximum Gasteiger partial charge on any atom is 0.495 e. The van der Waals surface area contributed by atoms with Gasteiger partial charge < -0.3 is 13.7 Å². The predicted octanol–water partition coefficient (Wildman–Crippen LogP) is 6.71. The Hall–Kier alpha value is -3.08. The van der Waals surface area contributed by atoms with Gasteiger partial charge in [-0.25, -0.2) is 0 Å².